The molecule has 1 aromatic carbocycles. The molecule has 0 saturated heterocycles. The summed E-state index contributed by atoms with van der Waals surface area (Å²) in [5, 5.41) is 0. The zero-order chi connectivity index (χ0) is 15.5. The van der Waals surface area contributed by atoms with Crippen molar-refractivity contribution in [3.63, 3.8) is 0 Å². The molecule has 0 saturated carbocycles. The van der Waals surface area contributed by atoms with Crippen LogP contribution in [0.25, 0.3) is 0 Å². The monoisotopic (exact) mass is 312 g/mol. The minimum Gasteiger partial charge on any atom is -0.465 e. The number of esters is 1. The third kappa shape index (κ3) is 4.20. The van der Waals surface area contributed by atoms with Gasteiger partial charge >= 0.3 is 16.1 Å². The van der Waals surface area contributed by atoms with E-state index < -0.39 is 10.1 Å². The Balaban J connectivity index is 1.93. The number of hydrogen-bond acceptors (Lipinski definition) is 5. The molecule has 1 aliphatic rings. The lowest BCUT2D eigenvalue weighted by Gasteiger charge is -2.17. The van der Waals surface area contributed by atoms with Crippen molar-refractivity contribution in [3.05, 3.63) is 29.3 Å². The van der Waals surface area contributed by atoms with E-state index in [-0.39, 0.29) is 17.6 Å². The van der Waals surface area contributed by atoms with E-state index >= 15 is 0 Å². The van der Waals surface area contributed by atoms with Crippen LogP contribution in [0.2, 0.25) is 0 Å². The molecule has 21 heavy (non-hydrogen) atoms. The molecule has 0 bridgehead atoms. The van der Waals surface area contributed by atoms with Gasteiger partial charge in [-0.3, -0.25) is 4.79 Å². The summed E-state index contributed by atoms with van der Waals surface area (Å²) >= 11 is 0. The number of ether oxygens (including phenoxy) is 1. The lowest BCUT2D eigenvalue weighted by Crippen LogP contribution is -2.21. The van der Waals surface area contributed by atoms with Crippen LogP contribution in [-0.2, 0) is 32.5 Å². The van der Waals surface area contributed by atoms with Gasteiger partial charge in [0.05, 0.1) is 18.3 Å². The fourth-order valence-corrected chi connectivity index (χ4v) is 3.05. The van der Waals surface area contributed by atoms with Gasteiger partial charge in [0.2, 0.25) is 0 Å². The van der Waals surface area contributed by atoms with Crippen LogP contribution in [0.15, 0.2) is 18.2 Å². The Morgan fingerprint density at radius 2 is 2.19 bits per heavy atom. The summed E-state index contributed by atoms with van der Waals surface area (Å²) in [6.45, 7) is 4.13. The first-order chi connectivity index (χ1) is 9.91. The normalized spacial score (nSPS) is 17.4. The summed E-state index contributed by atoms with van der Waals surface area (Å²) < 4.78 is 32.9. The van der Waals surface area contributed by atoms with Crippen LogP contribution in [0.1, 0.15) is 31.4 Å². The Morgan fingerprint density at radius 3 is 2.90 bits per heavy atom. The molecule has 0 aliphatic carbocycles. The summed E-state index contributed by atoms with van der Waals surface area (Å²) in [6, 6.07) is 5.38. The fourth-order valence-electron chi connectivity index (χ4n) is 2.06. The molecule has 5 nitrogen and oxygen atoms in total. The van der Waals surface area contributed by atoms with Crippen molar-refractivity contribution in [3.8, 4) is 5.75 Å². The number of fused-ring (bicyclic) bond motifs is 1. The van der Waals surface area contributed by atoms with Gasteiger partial charge in [-0.2, -0.15) is 8.42 Å². The molecular weight excluding hydrogens is 292 g/mol. The second kappa shape index (κ2) is 6.47. The molecule has 1 aromatic rings. The zero-order valence-electron chi connectivity index (χ0n) is 12.3. The van der Waals surface area contributed by atoms with E-state index in [2.05, 4.69) is 0 Å². The molecule has 0 radical (unpaired) electrons. The molecule has 2 rings (SSSR count). The Morgan fingerprint density at radius 1 is 1.43 bits per heavy atom. The van der Waals surface area contributed by atoms with Gasteiger partial charge in [-0.15, -0.1) is 0 Å². The Kier molecular flexibility index (Phi) is 4.88. The van der Waals surface area contributed by atoms with Crippen LogP contribution >= 0.6 is 0 Å². The van der Waals surface area contributed by atoms with Gasteiger partial charge in [-0.1, -0.05) is 26.0 Å². The number of carbonyl (C=O) groups is 1. The molecule has 0 fully saturated rings. The van der Waals surface area contributed by atoms with Crippen LogP contribution in [0.5, 0.6) is 5.75 Å². The fraction of sp³-hybridized carbons (Fsp3) is 0.533. The minimum absolute atomic E-state index is 0.00640. The van der Waals surface area contributed by atoms with Crippen LogP contribution in [0, 0.1) is 5.92 Å². The molecule has 0 spiro atoms. The minimum atomic E-state index is -3.42. The van der Waals surface area contributed by atoms with Crippen molar-refractivity contribution < 1.29 is 22.1 Å². The van der Waals surface area contributed by atoms with Gasteiger partial charge in [-0.25, -0.2) is 0 Å². The maximum absolute atomic E-state index is 11.6. The Labute approximate surface area is 125 Å². The van der Waals surface area contributed by atoms with E-state index in [1.807, 2.05) is 19.9 Å². The highest BCUT2D eigenvalue weighted by Crippen LogP contribution is 2.27. The van der Waals surface area contributed by atoms with E-state index in [9.17, 15) is 13.2 Å². The van der Waals surface area contributed by atoms with Crippen molar-refractivity contribution in [2.75, 3.05) is 12.4 Å². The van der Waals surface area contributed by atoms with Crippen LogP contribution in [0.4, 0.5) is 0 Å². The van der Waals surface area contributed by atoms with Gasteiger partial charge in [0.15, 0.2) is 0 Å². The smallest absolute Gasteiger partial charge is 0.309 e. The predicted molar refractivity (Wildman–Crippen MR) is 78.7 cm³/mol. The largest absolute Gasteiger partial charge is 0.465 e. The maximum Gasteiger partial charge on any atom is 0.309 e. The summed E-state index contributed by atoms with van der Waals surface area (Å²) in [6.07, 6.45) is 1.84. The van der Waals surface area contributed by atoms with E-state index in [4.69, 9.17) is 8.92 Å². The second-order valence-corrected chi connectivity index (χ2v) is 6.95. The summed E-state index contributed by atoms with van der Waals surface area (Å²) in [5.74, 6) is 0.158. The predicted octanol–water partition coefficient (Wildman–Crippen LogP) is 2.08. The summed E-state index contributed by atoms with van der Waals surface area (Å²) in [5.41, 5.74) is 1.89. The lowest BCUT2D eigenvalue weighted by atomic mass is 10.1. The number of rotatable bonds is 5. The van der Waals surface area contributed by atoms with Gasteiger partial charge in [-0.05, 0) is 30.0 Å². The molecule has 1 heterocycles. The van der Waals surface area contributed by atoms with E-state index in [0.717, 1.165) is 17.5 Å². The van der Waals surface area contributed by atoms with Crippen molar-refractivity contribution in [2.24, 2.45) is 5.92 Å². The van der Waals surface area contributed by atoms with Crippen LogP contribution < -0.4 is 4.18 Å². The second-order valence-electron chi connectivity index (χ2n) is 5.26. The molecular formula is C15H20O5S. The highest BCUT2D eigenvalue weighted by molar-refractivity contribution is 7.87. The van der Waals surface area contributed by atoms with Gasteiger partial charge < -0.3 is 8.92 Å². The van der Waals surface area contributed by atoms with Crippen LogP contribution in [-0.4, -0.2) is 26.7 Å². The summed E-state index contributed by atoms with van der Waals surface area (Å²) in [4.78, 5) is 11.6. The lowest BCUT2D eigenvalue weighted by molar-refractivity contribution is -0.147. The first kappa shape index (κ1) is 15.8. The van der Waals surface area contributed by atoms with Crippen molar-refractivity contribution in [1.82, 2.24) is 0 Å². The van der Waals surface area contributed by atoms with Crippen molar-refractivity contribution in [2.45, 2.75) is 33.1 Å². The molecule has 1 aliphatic heterocycles. The molecule has 0 N–H and O–H groups in total. The quantitative estimate of drug-likeness (QED) is 0.615. The Bertz CT molecular complexity index is 621. The van der Waals surface area contributed by atoms with Gasteiger partial charge in [0, 0.05) is 6.42 Å². The Hall–Kier alpha value is -1.56. The van der Waals surface area contributed by atoms with E-state index in [1.165, 1.54) is 0 Å². The van der Waals surface area contributed by atoms with Gasteiger partial charge in [0.1, 0.15) is 5.75 Å². The maximum atomic E-state index is 11.6. The van der Waals surface area contributed by atoms with E-state index in [1.54, 1.807) is 12.1 Å². The van der Waals surface area contributed by atoms with Crippen molar-refractivity contribution >= 4 is 16.1 Å². The molecule has 1 atom stereocenters. The topological polar surface area (TPSA) is 69.7 Å². The average molecular weight is 312 g/mol. The summed E-state index contributed by atoms with van der Waals surface area (Å²) in [7, 11) is -3.42. The molecule has 0 amide bonds. The van der Waals surface area contributed by atoms with Crippen LogP contribution in [0.3, 0.4) is 0 Å². The SMILES string of the molecule is CCC(C)C(=O)OCCc1ccc2c(c1)CCS(=O)(=O)O2. The first-order valence-corrected chi connectivity index (χ1v) is 8.69. The standard InChI is InChI=1S/C15H20O5S/c1-3-11(2)15(16)19-8-6-12-4-5-14-13(10-12)7-9-21(17,18)20-14/h4-5,10-11H,3,6-9H2,1-2H3. The average Bonchev–Trinajstić information content (AvgIpc) is 2.45. The van der Waals surface area contributed by atoms with Gasteiger partial charge in [0.25, 0.3) is 0 Å². The zero-order valence-corrected chi connectivity index (χ0v) is 13.1. The molecule has 116 valence electrons. The number of aryl methyl sites for hydroxylation is 1. The molecule has 6 heteroatoms. The number of hydrogen-bond donors (Lipinski definition) is 0. The molecule has 1 unspecified atom stereocenters. The highest BCUT2D eigenvalue weighted by atomic mass is 32.2. The van der Waals surface area contributed by atoms with E-state index in [0.29, 0.717) is 25.2 Å². The third-order valence-electron chi connectivity index (χ3n) is 3.61. The molecule has 0 aromatic heterocycles. The number of benzene rings is 1. The first-order valence-electron chi connectivity index (χ1n) is 7.12. The highest BCUT2D eigenvalue weighted by Gasteiger charge is 2.22. The van der Waals surface area contributed by atoms with Crippen molar-refractivity contribution in [1.29, 1.82) is 0 Å². The third-order valence-corrected chi connectivity index (χ3v) is 4.75. The number of carbonyl (C=O) groups excluding carboxylic acids is 1.